The number of carboxylic acid groups (broad SMARTS) is 2. The van der Waals surface area contributed by atoms with Crippen LogP contribution < -0.4 is 11.1 Å². The van der Waals surface area contributed by atoms with Gasteiger partial charge >= 0.3 is 11.9 Å². The molecule has 15 heteroatoms. The number of carbonyl (C=O) groups excluding carboxylic acids is 2. The van der Waals surface area contributed by atoms with Crippen LogP contribution in [0.3, 0.4) is 0 Å². The minimum atomic E-state index is -1.36. The number of carboxylic acids is 2. The van der Waals surface area contributed by atoms with Crippen molar-refractivity contribution in [1.29, 1.82) is 0 Å². The van der Waals surface area contributed by atoms with Gasteiger partial charge in [-0.25, -0.2) is 0 Å². The lowest BCUT2D eigenvalue weighted by molar-refractivity contribution is -0.152. The highest BCUT2D eigenvalue weighted by atomic mass is 35.5. The van der Waals surface area contributed by atoms with Gasteiger partial charge in [0.2, 0.25) is 11.1 Å². The van der Waals surface area contributed by atoms with Gasteiger partial charge in [0, 0.05) is 36.3 Å². The zero-order valence-electron chi connectivity index (χ0n) is 33.5. The molecule has 4 atom stereocenters. The fourth-order valence-corrected chi connectivity index (χ4v) is 6.40. The first-order valence-electron chi connectivity index (χ1n) is 18.5. The van der Waals surface area contributed by atoms with Gasteiger partial charge < -0.3 is 41.0 Å². The van der Waals surface area contributed by atoms with Crippen molar-refractivity contribution in [2.45, 2.75) is 51.6 Å². The summed E-state index contributed by atoms with van der Waals surface area (Å²) >= 11 is 16.9. The van der Waals surface area contributed by atoms with Gasteiger partial charge in [0.1, 0.15) is 13.2 Å². The maximum atomic E-state index is 12.0. The SMILES string of the molecule is COCC(=O)Cl.COCC(=O)N[C@H](Cc1ccc(-c2cccc(Cl)c2)cc1)C[C@@](C)(CO)C(=O)O.C[C@@](CO)(C[C@H](N)Cc1ccc(-c2cccc(Cl)c2)cc1)C(=O)O. The maximum Gasteiger partial charge on any atom is 0.311 e. The van der Waals surface area contributed by atoms with Crippen molar-refractivity contribution in [3.8, 4) is 22.3 Å². The van der Waals surface area contributed by atoms with Crippen LogP contribution in [0, 0.1) is 10.8 Å². The Morgan fingerprint density at radius 2 is 1.08 bits per heavy atom. The minimum absolute atomic E-state index is 0.00154. The van der Waals surface area contributed by atoms with Gasteiger partial charge in [-0.3, -0.25) is 19.2 Å². The van der Waals surface area contributed by atoms with Crippen molar-refractivity contribution in [3.05, 3.63) is 118 Å². The molecule has 7 N–H and O–H groups in total. The van der Waals surface area contributed by atoms with E-state index in [4.69, 9.17) is 45.3 Å². The van der Waals surface area contributed by atoms with E-state index in [1.54, 1.807) is 0 Å². The zero-order chi connectivity index (χ0) is 44.2. The van der Waals surface area contributed by atoms with E-state index in [0.717, 1.165) is 33.4 Å². The van der Waals surface area contributed by atoms with Gasteiger partial charge in [0.15, 0.2) is 0 Å². The quantitative estimate of drug-likeness (QED) is 0.0535. The summed E-state index contributed by atoms with van der Waals surface area (Å²) in [4.78, 5) is 44.5. The van der Waals surface area contributed by atoms with Crippen LogP contribution in [0.5, 0.6) is 0 Å². The van der Waals surface area contributed by atoms with E-state index in [1.165, 1.54) is 28.1 Å². The molecule has 1 amide bonds. The number of benzene rings is 4. The minimum Gasteiger partial charge on any atom is -0.481 e. The van der Waals surface area contributed by atoms with E-state index >= 15 is 0 Å². The lowest BCUT2D eigenvalue weighted by atomic mass is 9.82. The van der Waals surface area contributed by atoms with Crippen molar-refractivity contribution < 1.29 is 49.1 Å². The Labute approximate surface area is 360 Å². The molecule has 12 nitrogen and oxygen atoms in total. The molecule has 4 rings (SSSR count). The number of methoxy groups -OCH3 is 2. The summed E-state index contributed by atoms with van der Waals surface area (Å²) in [5.74, 6) is -2.47. The van der Waals surface area contributed by atoms with Crippen LogP contribution in [0.2, 0.25) is 10.0 Å². The summed E-state index contributed by atoms with van der Waals surface area (Å²) in [6.07, 6.45) is 1.28. The number of amides is 1. The summed E-state index contributed by atoms with van der Waals surface area (Å²) in [5, 5.41) is 41.2. The number of nitrogens with two attached hydrogens (primary N) is 1. The highest BCUT2D eigenvalue weighted by Crippen LogP contribution is 2.28. The molecular formula is C44H53Cl3N2O10. The van der Waals surface area contributed by atoms with Crippen LogP contribution in [-0.2, 0) is 41.5 Å². The van der Waals surface area contributed by atoms with Crippen molar-refractivity contribution >= 4 is 57.9 Å². The lowest BCUT2D eigenvalue weighted by Crippen LogP contribution is -2.45. The van der Waals surface area contributed by atoms with E-state index < -0.39 is 47.3 Å². The molecular weight excluding hydrogens is 823 g/mol. The third kappa shape index (κ3) is 17.8. The molecule has 0 radical (unpaired) electrons. The molecule has 0 spiro atoms. The van der Waals surface area contributed by atoms with E-state index in [1.807, 2.05) is 97.1 Å². The van der Waals surface area contributed by atoms with E-state index in [9.17, 15) is 39.6 Å². The number of nitrogens with one attached hydrogen (secondary N) is 1. The van der Waals surface area contributed by atoms with Crippen LogP contribution in [-0.4, -0.2) is 96.2 Å². The third-order valence-corrected chi connectivity index (χ3v) is 9.82. The number of aliphatic carboxylic acids is 2. The van der Waals surface area contributed by atoms with Crippen LogP contribution in [0.4, 0.5) is 0 Å². The average molecular weight is 876 g/mol. The first-order chi connectivity index (χ1) is 27.9. The topological polar surface area (TPSA) is 206 Å². The maximum absolute atomic E-state index is 12.0. The highest BCUT2D eigenvalue weighted by molar-refractivity contribution is 6.63. The molecule has 59 heavy (non-hydrogen) atoms. The molecule has 0 aliphatic rings. The Morgan fingerprint density at radius 1 is 0.661 bits per heavy atom. The Hall–Kier alpha value is -4.37. The molecule has 0 fully saturated rings. The van der Waals surface area contributed by atoms with Gasteiger partial charge in [-0.05, 0) is 109 Å². The molecule has 320 valence electrons. The van der Waals surface area contributed by atoms with Crippen LogP contribution in [0.15, 0.2) is 97.1 Å². The predicted molar refractivity (Wildman–Crippen MR) is 231 cm³/mol. The Morgan fingerprint density at radius 3 is 1.44 bits per heavy atom. The number of ether oxygens (including phenoxy) is 2. The van der Waals surface area contributed by atoms with Crippen LogP contribution in [0.1, 0.15) is 37.8 Å². The number of halogens is 3. The molecule has 0 unspecified atom stereocenters. The number of aliphatic hydroxyl groups excluding tert-OH is 2. The standard InChI is InChI=1S/C22H26ClNO5.C19H22ClNO3.C3H5ClO2/c1-22(14-25,21(27)28)12-19(24-20(26)13-29-2)10-15-6-8-16(9-7-15)17-4-3-5-18(23)11-17;1-19(12-22,18(23)24)11-17(21)9-13-5-7-14(8-6-13)15-3-2-4-16(20)10-15;1-6-2-3(4)5/h3-9,11,19,25H,10,12-14H2,1-2H3,(H,24,26)(H,27,28);2-8,10,17,22H,9,11-12,21H2,1H3,(H,23,24);2H2,1H3/t19-,22+;17-,19+;/m11./s1. The molecule has 0 aromatic heterocycles. The highest BCUT2D eigenvalue weighted by Gasteiger charge is 2.36. The average Bonchev–Trinajstić information content (AvgIpc) is 3.18. The normalized spacial score (nSPS) is 13.8. The molecule has 0 aliphatic carbocycles. The molecule has 0 heterocycles. The fraction of sp³-hybridized carbons (Fsp3) is 0.364. The van der Waals surface area contributed by atoms with Gasteiger partial charge in [-0.2, -0.15) is 0 Å². The largest absolute Gasteiger partial charge is 0.481 e. The molecule has 0 bridgehead atoms. The van der Waals surface area contributed by atoms with Gasteiger partial charge in [-0.15, -0.1) is 0 Å². The monoisotopic (exact) mass is 874 g/mol. The third-order valence-electron chi connectivity index (χ3n) is 9.24. The summed E-state index contributed by atoms with van der Waals surface area (Å²) in [6, 6.07) is 30.1. The summed E-state index contributed by atoms with van der Waals surface area (Å²) in [6.45, 7) is 1.91. The Balaban J connectivity index is 0.000000362. The van der Waals surface area contributed by atoms with Crippen molar-refractivity contribution in [2.75, 3.05) is 40.6 Å². The molecule has 4 aromatic carbocycles. The Kier molecular flexibility index (Phi) is 21.8. The number of aliphatic hydroxyl groups is 2. The second-order valence-corrected chi connectivity index (χ2v) is 15.8. The zero-order valence-corrected chi connectivity index (χ0v) is 35.8. The van der Waals surface area contributed by atoms with Crippen molar-refractivity contribution in [1.82, 2.24) is 5.32 Å². The Bertz CT molecular complexity index is 1950. The first-order valence-corrected chi connectivity index (χ1v) is 19.6. The summed E-state index contributed by atoms with van der Waals surface area (Å²) in [7, 11) is 2.83. The fourth-order valence-electron chi connectivity index (χ4n) is 5.91. The number of hydrogen-bond acceptors (Lipinski definition) is 9. The second-order valence-electron chi connectivity index (χ2n) is 14.5. The van der Waals surface area contributed by atoms with Gasteiger partial charge in [-0.1, -0.05) is 96.0 Å². The van der Waals surface area contributed by atoms with Crippen molar-refractivity contribution in [2.24, 2.45) is 16.6 Å². The number of hydrogen-bond donors (Lipinski definition) is 6. The van der Waals surface area contributed by atoms with Crippen LogP contribution in [0.25, 0.3) is 22.3 Å². The molecule has 4 aromatic rings. The summed E-state index contributed by atoms with van der Waals surface area (Å²) in [5.41, 5.74) is 9.57. The second kappa shape index (κ2) is 25.3. The molecule has 0 saturated heterocycles. The van der Waals surface area contributed by atoms with E-state index in [-0.39, 0.29) is 38.0 Å². The number of rotatable bonds is 19. The van der Waals surface area contributed by atoms with Gasteiger partial charge in [0.05, 0.1) is 24.0 Å². The number of carbonyl (C=O) groups is 4. The smallest absolute Gasteiger partial charge is 0.311 e. The predicted octanol–water partition coefficient (Wildman–Crippen LogP) is 6.90. The van der Waals surface area contributed by atoms with Gasteiger partial charge in [0.25, 0.3) is 0 Å². The summed E-state index contributed by atoms with van der Waals surface area (Å²) < 4.78 is 9.17. The lowest BCUT2D eigenvalue weighted by Gasteiger charge is -2.28. The van der Waals surface area contributed by atoms with E-state index in [2.05, 4.69) is 10.1 Å². The molecule has 0 saturated carbocycles. The van der Waals surface area contributed by atoms with Crippen LogP contribution >= 0.6 is 34.8 Å². The first kappa shape index (κ1) is 50.8. The molecule has 0 aliphatic heterocycles. The van der Waals surface area contributed by atoms with Crippen molar-refractivity contribution in [3.63, 3.8) is 0 Å². The van der Waals surface area contributed by atoms with E-state index in [0.29, 0.717) is 22.9 Å².